The van der Waals surface area contributed by atoms with Gasteiger partial charge in [-0.05, 0) is 12.3 Å². The van der Waals surface area contributed by atoms with Crippen LogP contribution in [0.4, 0.5) is 0 Å². The largest absolute Gasteiger partial charge is 2.00 e. The van der Waals surface area contributed by atoms with Crippen molar-refractivity contribution >= 4 is 35.0 Å². The molecule has 0 saturated carbocycles. The molecule has 0 atom stereocenters. The first-order chi connectivity index (χ1) is 5.14. The van der Waals surface area contributed by atoms with Crippen molar-refractivity contribution in [1.82, 2.24) is 0 Å². The Bertz CT molecular complexity index is 211. The van der Waals surface area contributed by atoms with Crippen LogP contribution in [-0.2, 0) is 9.59 Å². The molecule has 0 heterocycles. The van der Waals surface area contributed by atoms with Gasteiger partial charge in [-0.25, -0.2) is 0 Å². The predicted octanol–water partition coefficient (Wildman–Crippen LogP) is 1.05. The minimum Gasteiger partial charge on any atom is -1.00 e. The van der Waals surface area contributed by atoms with Crippen LogP contribution in [0, 0.1) is 10.8 Å². The van der Waals surface area contributed by atoms with E-state index in [-0.39, 0.29) is 25.9 Å². The normalized spacial score (nSPS) is 11.7. The fourth-order valence-corrected chi connectivity index (χ4v) is 0.733. The Morgan fingerprint density at radius 1 is 1.00 bits per heavy atom. The number of carboxylic acids is 2. The molecule has 13 heavy (non-hydrogen) atoms. The molecule has 0 saturated heterocycles. The summed E-state index contributed by atoms with van der Waals surface area (Å²) >= 11 is 0. The summed E-state index contributed by atoms with van der Waals surface area (Å²) in [6.45, 7) is 6.00. The Balaban J connectivity index is -0.000000202. The molecule has 0 radical (unpaired) electrons. The zero-order chi connectivity index (χ0) is 10.2. The molecular weight excluding hydrogens is 184 g/mol. The van der Waals surface area contributed by atoms with Crippen molar-refractivity contribution in [1.29, 1.82) is 0 Å². The van der Waals surface area contributed by atoms with Crippen molar-refractivity contribution in [2.45, 2.75) is 27.7 Å². The van der Waals surface area contributed by atoms with Crippen LogP contribution in [-0.4, -0.2) is 45.2 Å². The summed E-state index contributed by atoms with van der Waals surface area (Å²) in [4.78, 5) is 21.5. The van der Waals surface area contributed by atoms with Crippen LogP contribution in [0.3, 0.4) is 0 Å². The molecule has 0 aromatic heterocycles. The van der Waals surface area contributed by atoms with E-state index in [1.165, 1.54) is 6.92 Å². The van der Waals surface area contributed by atoms with E-state index in [2.05, 4.69) is 0 Å². The summed E-state index contributed by atoms with van der Waals surface area (Å²) in [5.41, 5.74) is -2.53. The van der Waals surface area contributed by atoms with E-state index in [9.17, 15) is 9.59 Å². The number of hydrogen-bond acceptors (Lipinski definition) is 2. The number of rotatable bonds is 2. The molecule has 0 aromatic rings. The Morgan fingerprint density at radius 3 is 1.23 bits per heavy atom. The predicted molar refractivity (Wildman–Crippen MR) is 50.8 cm³/mol. The van der Waals surface area contributed by atoms with Crippen LogP contribution in [0.5, 0.6) is 0 Å². The quantitative estimate of drug-likeness (QED) is 0.516. The first-order valence-corrected chi connectivity index (χ1v) is 3.61. The summed E-state index contributed by atoms with van der Waals surface area (Å²) in [5, 5.41) is 17.5. The van der Waals surface area contributed by atoms with Crippen LogP contribution in [0.2, 0.25) is 0 Å². The minimum absolute atomic E-state index is 0. The molecule has 0 unspecified atom stereocenters. The molecule has 0 rings (SSSR count). The molecule has 0 spiro atoms. The van der Waals surface area contributed by atoms with Gasteiger partial charge in [0.25, 0.3) is 0 Å². The van der Waals surface area contributed by atoms with Crippen molar-refractivity contribution < 1.29 is 22.7 Å². The zero-order valence-corrected chi connectivity index (χ0v) is 9.83. The van der Waals surface area contributed by atoms with E-state index in [4.69, 9.17) is 10.2 Å². The van der Waals surface area contributed by atoms with Crippen LogP contribution in [0.25, 0.3) is 0 Å². The molecule has 4 nitrogen and oxygen atoms in total. The van der Waals surface area contributed by atoms with Crippen LogP contribution in [0.15, 0.2) is 0 Å². The average molecular weight is 201 g/mol. The first-order valence-electron chi connectivity index (χ1n) is 3.61. The van der Waals surface area contributed by atoms with Gasteiger partial charge < -0.3 is 13.1 Å². The molecule has 0 bridgehead atoms. The van der Waals surface area contributed by atoms with E-state index in [1.54, 1.807) is 20.8 Å². The van der Waals surface area contributed by atoms with Crippen molar-refractivity contribution in [2.75, 3.05) is 0 Å². The summed E-state index contributed by atoms with van der Waals surface area (Å²) in [5.74, 6) is -2.61. The van der Waals surface area contributed by atoms with Gasteiger partial charge >= 0.3 is 35.0 Å². The summed E-state index contributed by atoms with van der Waals surface area (Å²) in [7, 11) is 0. The molecular formula is C8H16MgO4. The van der Waals surface area contributed by atoms with E-state index < -0.39 is 22.8 Å². The van der Waals surface area contributed by atoms with Crippen LogP contribution < -0.4 is 0 Å². The van der Waals surface area contributed by atoms with Gasteiger partial charge in [-0.1, -0.05) is 20.8 Å². The van der Waals surface area contributed by atoms with Gasteiger partial charge in [0, 0.05) is 0 Å². The number of aliphatic carboxylic acids is 2. The van der Waals surface area contributed by atoms with Gasteiger partial charge in [-0.3, -0.25) is 9.59 Å². The topological polar surface area (TPSA) is 74.6 Å². The second kappa shape index (κ2) is 4.28. The third-order valence-electron chi connectivity index (χ3n) is 2.36. The second-order valence-electron chi connectivity index (χ2n) is 3.99. The van der Waals surface area contributed by atoms with Crippen molar-refractivity contribution in [3.8, 4) is 0 Å². The third kappa shape index (κ3) is 2.57. The molecule has 5 heteroatoms. The molecule has 0 aromatic carbocycles. The third-order valence-corrected chi connectivity index (χ3v) is 2.36. The van der Waals surface area contributed by atoms with E-state index >= 15 is 0 Å². The Morgan fingerprint density at radius 2 is 1.23 bits per heavy atom. The van der Waals surface area contributed by atoms with Gasteiger partial charge in [-0.15, -0.1) is 0 Å². The molecule has 74 valence electrons. The monoisotopic (exact) mass is 200 g/mol. The SMILES string of the molecule is CC(C)(C)C(C)(C(=O)O)C(=O)O.[H-].[H-].[Mg+2]. The van der Waals surface area contributed by atoms with E-state index in [1.807, 2.05) is 0 Å². The first kappa shape index (κ1) is 15.2. The molecule has 0 fully saturated rings. The van der Waals surface area contributed by atoms with Crippen molar-refractivity contribution in [2.24, 2.45) is 10.8 Å². The number of hydrogen-bond donors (Lipinski definition) is 2. The maximum atomic E-state index is 10.7. The maximum absolute atomic E-state index is 10.7. The number of carboxylic acid groups (broad SMARTS) is 2. The van der Waals surface area contributed by atoms with Crippen LogP contribution >= 0.6 is 0 Å². The van der Waals surface area contributed by atoms with Gasteiger partial charge in [-0.2, -0.15) is 0 Å². The van der Waals surface area contributed by atoms with E-state index in [0.29, 0.717) is 0 Å². The summed E-state index contributed by atoms with van der Waals surface area (Å²) in [6, 6.07) is 0. The van der Waals surface area contributed by atoms with Gasteiger partial charge in [0.2, 0.25) is 0 Å². The number of carbonyl (C=O) groups is 2. The van der Waals surface area contributed by atoms with E-state index in [0.717, 1.165) is 0 Å². The summed E-state index contributed by atoms with van der Waals surface area (Å²) < 4.78 is 0. The molecule has 0 aliphatic rings. The smallest absolute Gasteiger partial charge is 1.00 e. The summed E-state index contributed by atoms with van der Waals surface area (Å²) in [6.07, 6.45) is 0. The minimum atomic E-state index is -1.73. The Kier molecular flexibility index (Phi) is 5.00. The maximum Gasteiger partial charge on any atom is 2.00 e. The standard InChI is InChI=1S/C8H14O4.Mg.2H/c1-7(2,3)8(4,5(9)10)6(11)12;;;/h1-4H3,(H,9,10)(H,11,12);;;/q;+2;2*-1. The van der Waals surface area contributed by atoms with Crippen LogP contribution in [0.1, 0.15) is 30.5 Å². The fraction of sp³-hybridized carbons (Fsp3) is 0.750. The Hall–Kier alpha value is -0.294. The second-order valence-corrected chi connectivity index (χ2v) is 3.99. The molecule has 0 amide bonds. The Labute approximate surface area is 96.4 Å². The van der Waals surface area contributed by atoms with Gasteiger partial charge in [0.1, 0.15) is 0 Å². The molecule has 0 aliphatic heterocycles. The average Bonchev–Trinajstić information content (AvgIpc) is 1.82. The molecule has 0 aliphatic carbocycles. The van der Waals surface area contributed by atoms with Gasteiger partial charge in [0.05, 0.1) is 0 Å². The molecule has 2 N–H and O–H groups in total. The van der Waals surface area contributed by atoms with Crippen molar-refractivity contribution in [3.05, 3.63) is 0 Å². The van der Waals surface area contributed by atoms with Crippen molar-refractivity contribution in [3.63, 3.8) is 0 Å². The zero-order valence-electron chi connectivity index (χ0n) is 10.4. The van der Waals surface area contributed by atoms with Gasteiger partial charge in [0.15, 0.2) is 5.41 Å². The fourth-order valence-electron chi connectivity index (χ4n) is 0.733.